The van der Waals surface area contributed by atoms with Gasteiger partial charge in [-0.3, -0.25) is 0 Å². The van der Waals surface area contributed by atoms with Gasteiger partial charge in [0, 0.05) is 0 Å². The lowest BCUT2D eigenvalue weighted by Crippen LogP contribution is -1.90. The Hall–Kier alpha value is -1.83. The van der Waals surface area contributed by atoms with Crippen LogP contribution >= 0.6 is 0 Å². The largest absolute Gasteiger partial charge is 0.508 e. The molecule has 0 amide bonds. The Labute approximate surface area is 99.5 Å². The highest BCUT2D eigenvalue weighted by molar-refractivity contribution is 5.66. The van der Waals surface area contributed by atoms with Crippen molar-refractivity contribution in [2.24, 2.45) is 0 Å². The van der Waals surface area contributed by atoms with Gasteiger partial charge in [-0.25, -0.2) is 4.39 Å². The third kappa shape index (κ3) is 1.80. The van der Waals surface area contributed by atoms with Crippen molar-refractivity contribution >= 4 is 0 Å². The lowest BCUT2D eigenvalue weighted by atomic mass is 10.00. The molecule has 0 radical (unpaired) electrons. The quantitative estimate of drug-likeness (QED) is 0.789. The van der Waals surface area contributed by atoms with E-state index >= 15 is 0 Å². The molecule has 3 rings (SSSR count). The second kappa shape index (κ2) is 3.88. The Morgan fingerprint density at radius 2 is 1.71 bits per heavy atom. The molecule has 1 N–H and O–H groups in total. The van der Waals surface area contributed by atoms with Crippen molar-refractivity contribution in [2.75, 3.05) is 0 Å². The molecule has 0 aliphatic heterocycles. The fourth-order valence-electron chi connectivity index (χ4n) is 2.47. The van der Waals surface area contributed by atoms with Crippen molar-refractivity contribution in [1.29, 1.82) is 0 Å². The third-order valence-electron chi connectivity index (χ3n) is 3.36. The molecule has 1 aliphatic carbocycles. The molecular weight excluding hydrogens is 215 g/mol. The van der Waals surface area contributed by atoms with Gasteiger partial charge in [0.05, 0.1) is 0 Å². The number of aryl methyl sites for hydroxylation is 1. The van der Waals surface area contributed by atoms with Crippen molar-refractivity contribution < 1.29 is 9.50 Å². The van der Waals surface area contributed by atoms with Gasteiger partial charge < -0.3 is 5.11 Å². The first-order valence-corrected chi connectivity index (χ1v) is 5.85. The van der Waals surface area contributed by atoms with Gasteiger partial charge in [0.1, 0.15) is 11.6 Å². The summed E-state index contributed by atoms with van der Waals surface area (Å²) in [6.45, 7) is 0. The van der Waals surface area contributed by atoms with Crippen LogP contribution in [-0.2, 0) is 12.8 Å². The second-order valence-corrected chi connectivity index (χ2v) is 4.50. The average Bonchev–Trinajstić information content (AvgIpc) is 2.78. The van der Waals surface area contributed by atoms with Crippen LogP contribution in [0.25, 0.3) is 11.1 Å². The lowest BCUT2D eigenvalue weighted by molar-refractivity contribution is 0.475. The SMILES string of the molecule is Oc1ccc(-c2cc(F)c3c(c2)CCC3)cc1. The van der Waals surface area contributed by atoms with Crippen LogP contribution in [0, 0.1) is 5.82 Å². The van der Waals surface area contributed by atoms with Crippen LogP contribution in [0.3, 0.4) is 0 Å². The number of rotatable bonds is 1. The highest BCUT2D eigenvalue weighted by Gasteiger charge is 2.16. The zero-order valence-electron chi connectivity index (χ0n) is 9.41. The topological polar surface area (TPSA) is 20.2 Å². The molecule has 1 nitrogen and oxygen atoms in total. The normalized spacial score (nSPS) is 13.7. The van der Waals surface area contributed by atoms with E-state index in [1.54, 1.807) is 18.2 Å². The van der Waals surface area contributed by atoms with E-state index in [1.807, 2.05) is 12.1 Å². The highest BCUT2D eigenvalue weighted by Crippen LogP contribution is 2.31. The van der Waals surface area contributed by atoms with Crippen molar-refractivity contribution in [3.63, 3.8) is 0 Å². The van der Waals surface area contributed by atoms with E-state index in [9.17, 15) is 9.50 Å². The molecule has 0 saturated heterocycles. The summed E-state index contributed by atoms with van der Waals surface area (Å²) in [4.78, 5) is 0. The number of hydrogen-bond acceptors (Lipinski definition) is 1. The van der Waals surface area contributed by atoms with Crippen LogP contribution in [0.15, 0.2) is 36.4 Å². The van der Waals surface area contributed by atoms with E-state index in [-0.39, 0.29) is 11.6 Å². The molecule has 17 heavy (non-hydrogen) atoms. The summed E-state index contributed by atoms with van der Waals surface area (Å²) in [7, 11) is 0. The van der Waals surface area contributed by atoms with Crippen molar-refractivity contribution in [3.05, 3.63) is 53.3 Å². The fraction of sp³-hybridized carbons (Fsp3) is 0.200. The number of halogens is 1. The van der Waals surface area contributed by atoms with Gasteiger partial charge in [0.15, 0.2) is 0 Å². The monoisotopic (exact) mass is 228 g/mol. The van der Waals surface area contributed by atoms with Crippen LogP contribution in [0.5, 0.6) is 5.75 Å². The highest BCUT2D eigenvalue weighted by atomic mass is 19.1. The molecule has 2 aromatic rings. The van der Waals surface area contributed by atoms with E-state index < -0.39 is 0 Å². The Morgan fingerprint density at radius 3 is 2.47 bits per heavy atom. The van der Waals surface area contributed by atoms with Gasteiger partial charge in [-0.2, -0.15) is 0 Å². The number of benzene rings is 2. The lowest BCUT2D eigenvalue weighted by Gasteiger charge is -2.07. The van der Waals surface area contributed by atoms with Crippen LogP contribution in [0.4, 0.5) is 4.39 Å². The number of fused-ring (bicyclic) bond motifs is 1. The Bertz CT molecular complexity index is 558. The molecule has 0 saturated carbocycles. The third-order valence-corrected chi connectivity index (χ3v) is 3.36. The van der Waals surface area contributed by atoms with Crippen molar-refractivity contribution in [2.45, 2.75) is 19.3 Å². The summed E-state index contributed by atoms with van der Waals surface area (Å²) in [5.41, 5.74) is 3.85. The Kier molecular flexibility index (Phi) is 2.36. The first-order chi connectivity index (χ1) is 8.24. The molecular formula is C15H13FO. The standard InChI is InChI=1S/C15H13FO/c16-15-9-12(8-11-2-1-3-14(11)15)10-4-6-13(17)7-5-10/h4-9,17H,1-3H2. The van der Waals surface area contributed by atoms with E-state index in [4.69, 9.17) is 0 Å². The van der Waals surface area contributed by atoms with Crippen molar-refractivity contribution in [3.8, 4) is 16.9 Å². The van der Waals surface area contributed by atoms with Gasteiger partial charge >= 0.3 is 0 Å². The molecule has 0 aromatic heterocycles. The molecule has 0 spiro atoms. The zero-order chi connectivity index (χ0) is 11.8. The van der Waals surface area contributed by atoms with E-state index in [0.717, 1.165) is 41.5 Å². The van der Waals surface area contributed by atoms with Gasteiger partial charge in [-0.1, -0.05) is 18.2 Å². The maximum absolute atomic E-state index is 13.9. The number of phenolic OH excluding ortho intramolecular Hbond substituents is 1. The van der Waals surface area contributed by atoms with Gasteiger partial charge in [-0.05, 0) is 59.7 Å². The van der Waals surface area contributed by atoms with E-state index in [1.165, 1.54) is 0 Å². The molecule has 86 valence electrons. The summed E-state index contributed by atoms with van der Waals surface area (Å²) in [5, 5.41) is 9.24. The second-order valence-electron chi connectivity index (χ2n) is 4.50. The van der Waals surface area contributed by atoms with Crippen LogP contribution in [-0.4, -0.2) is 5.11 Å². The minimum atomic E-state index is -0.0944. The average molecular weight is 228 g/mol. The van der Waals surface area contributed by atoms with E-state index in [0.29, 0.717) is 0 Å². The van der Waals surface area contributed by atoms with Crippen molar-refractivity contribution in [1.82, 2.24) is 0 Å². The molecule has 0 heterocycles. The minimum absolute atomic E-state index is 0.0944. The maximum Gasteiger partial charge on any atom is 0.127 e. The minimum Gasteiger partial charge on any atom is -0.508 e. The summed E-state index contributed by atoms with van der Waals surface area (Å²) in [6, 6.07) is 10.5. The number of phenols is 1. The number of hydrogen-bond donors (Lipinski definition) is 1. The summed E-state index contributed by atoms with van der Waals surface area (Å²) < 4.78 is 13.9. The summed E-state index contributed by atoms with van der Waals surface area (Å²) in [5.74, 6) is 0.137. The smallest absolute Gasteiger partial charge is 0.127 e. The zero-order valence-corrected chi connectivity index (χ0v) is 9.41. The van der Waals surface area contributed by atoms with Gasteiger partial charge in [0.25, 0.3) is 0 Å². The van der Waals surface area contributed by atoms with Gasteiger partial charge in [0.2, 0.25) is 0 Å². The predicted molar refractivity (Wildman–Crippen MR) is 65.5 cm³/mol. The molecule has 0 bridgehead atoms. The molecule has 0 fully saturated rings. The molecule has 2 aromatic carbocycles. The summed E-state index contributed by atoms with van der Waals surface area (Å²) >= 11 is 0. The fourth-order valence-corrected chi connectivity index (χ4v) is 2.47. The number of aromatic hydroxyl groups is 1. The van der Waals surface area contributed by atoms with Crippen LogP contribution in [0.2, 0.25) is 0 Å². The van der Waals surface area contributed by atoms with Crippen LogP contribution in [0.1, 0.15) is 17.5 Å². The Balaban J connectivity index is 2.10. The van der Waals surface area contributed by atoms with E-state index in [2.05, 4.69) is 6.07 Å². The molecule has 0 unspecified atom stereocenters. The summed E-state index contributed by atoms with van der Waals surface area (Å²) in [6.07, 6.45) is 2.88. The Morgan fingerprint density at radius 1 is 0.941 bits per heavy atom. The molecule has 2 heteroatoms. The molecule has 1 aliphatic rings. The first kappa shape index (κ1) is 10.3. The predicted octanol–water partition coefficient (Wildman–Crippen LogP) is 3.69. The maximum atomic E-state index is 13.9. The van der Waals surface area contributed by atoms with Gasteiger partial charge in [-0.15, -0.1) is 0 Å². The molecule has 0 atom stereocenters. The van der Waals surface area contributed by atoms with Crippen LogP contribution < -0.4 is 0 Å². The first-order valence-electron chi connectivity index (χ1n) is 5.85.